The van der Waals surface area contributed by atoms with Crippen LogP contribution < -0.4 is 5.73 Å². The Morgan fingerprint density at radius 3 is 2.92 bits per heavy atom. The third kappa shape index (κ3) is 1.69. The smallest absolute Gasteiger partial charge is 0.410 e. The zero-order valence-electron chi connectivity index (χ0n) is 7.62. The van der Waals surface area contributed by atoms with Crippen LogP contribution >= 0.6 is 0 Å². The van der Waals surface area contributed by atoms with Crippen molar-refractivity contribution in [2.24, 2.45) is 11.7 Å². The van der Waals surface area contributed by atoms with E-state index in [0.29, 0.717) is 5.92 Å². The molecule has 1 amide bonds. The molecule has 4 nitrogen and oxygen atoms in total. The molecule has 0 aromatic rings. The minimum atomic E-state index is -0.311. The number of ether oxygens (including phenoxy) is 1. The van der Waals surface area contributed by atoms with E-state index in [2.05, 4.69) is 11.7 Å². The van der Waals surface area contributed by atoms with Gasteiger partial charge in [-0.25, -0.2) is 4.79 Å². The Bertz CT molecular complexity index is 172. The third-order valence-electron chi connectivity index (χ3n) is 2.41. The summed E-state index contributed by atoms with van der Waals surface area (Å²) in [6.45, 7) is 2.78. The normalized spacial score (nSPS) is 30.1. The van der Waals surface area contributed by atoms with Crippen LogP contribution in [0.15, 0.2) is 0 Å². The highest BCUT2D eigenvalue weighted by atomic mass is 16.5. The van der Waals surface area contributed by atoms with Crippen LogP contribution in [0, 0.1) is 5.92 Å². The van der Waals surface area contributed by atoms with Crippen LogP contribution in [-0.2, 0) is 4.74 Å². The summed E-state index contributed by atoms with van der Waals surface area (Å²) < 4.78 is 4.62. The first kappa shape index (κ1) is 9.32. The van der Waals surface area contributed by atoms with Gasteiger partial charge in [-0.1, -0.05) is 6.92 Å². The molecule has 1 saturated heterocycles. The number of rotatable bonds is 0. The summed E-state index contributed by atoms with van der Waals surface area (Å²) in [4.78, 5) is 12.7. The van der Waals surface area contributed by atoms with E-state index in [9.17, 15) is 4.79 Å². The van der Waals surface area contributed by atoms with E-state index in [-0.39, 0.29) is 12.3 Å². The third-order valence-corrected chi connectivity index (χ3v) is 2.41. The predicted octanol–water partition coefficient (Wildman–Crippen LogP) is 0.770. The van der Waals surface area contributed by atoms with Crippen LogP contribution in [0.5, 0.6) is 0 Å². The summed E-state index contributed by atoms with van der Waals surface area (Å²) in [5, 5.41) is 0. The molecule has 4 heteroatoms. The number of methoxy groups -OCH3 is 1. The molecule has 0 saturated carbocycles. The lowest BCUT2D eigenvalue weighted by molar-refractivity contribution is 0.0720. The van der Waals surface area contributed by atoms with E-state index in [1.807, 2.05) is 0 Å². The van der Waals surface area contributed by atoms with Crippen LogP contribution in [0.25, 0.3) is 0 Å². The Labute approximate surface area is 72.7 Å². The van der Waals surface area contributed by atoms with Crippen molar-refractivity contribution in [3.8, 4) is 0 Å². The van der Waals surface area contributed by atoms with E-state index in [0.717, 1.165) is 19.4 Å². The van der Waals surface area contributed by atoms with Crippen molar-refractivity contribution in [3.05, 3.63) is 0 Å². The SMILES string of the molecule is COC(=O)N1CCCC(C)C1N. The van der Waals surface area contributed by atoms with Crippen LogP contribution in [0.3, 0.4) is 0 Å². The van der Waals surface area contributed by atoms with Gasteiger partial charge in [0, 0.05) is 6.54 Å². The lowest BCUT2D eigenvalue weighted by atomic mass is 9.97. The van der Waals surface area contributed by atoms with Gasteiger partial charge in [0.2, 0.25) is 0 Å². The van der Waals surface area contributed by atoms with Gasteiger partial charge in [0.05, 0.1) is 13.3 Å². The standard InChI is InChI=1S/C8H16N2O2/c1-6-4-3-5-10(7(6)9)8(11)12-2/h6-7H,3-5,9H2,1-2H3. The highest BCUT2D eigenvalue weighted by Gasteiger charge is 2.29. The van der Waals surface area contributed by atoms with E-state index >= 15 is 0 Å². The number of carbonyl (C=O) groups is 1. The first-order valence-electron chi connectivity index (χ1n) is 4.27. The molecular formula is C8H16N2O2. The molecule has 2 N–H and O–H groups in total. The molecule has 1 fully saturated rings. The summed E-state index contributed by atoms with van der Waals surface area (Å²) in [6.07, 6.45) is 1.62. The first-order chi connectivity index (χ1) is 5.66. The zero-order valence-corrected chi connectivity index (χ0v) is 7.62. The van der Waals surface area contributed by atoms with Crippen molar-refractivity contribution >= 4 is 6.09 Å². The van der Waals surface area contributed by atoms with E-state index in [1.165, 1.54) is 7.11 Å². The number of piperidine rings is 1. The molecule has 2 atom stereocenters. The van der Waals surface area contributed by atoms with Crippen LogP contribution in [0.1, 0.15) is 19.8 Å². The van der Waals surface area contributed by atoms with Crippen molar-refractivity contribution < 1.29 is 9.53 Å². The van der Waals surface area contributed by atoms with Gasteiger partial charge in [-0.3, -0.25) is 4.90 Å². The molecule has 12 heavy (non-hydrogen) atoms. The van der Waals surface area contributed by atoms with Gasteiger partial charge in [-0.15, -0.1) is 0 Å². The Kier molecular flexibility index (Phi) is 2.92. The quantitative estimate of drug-likeness (QED) is 0.587. The highest BCUT2D eigenvalue weighted by Crippen LogP contribution is 2.19. The van der Waals surface area contributed by atoms with Gasteiger partial charge < -0.3 is 10.5 Å². The van der Waals surface area contributed by atoms with Gasteiger partial charge >= 0.3 is 6.09 Å². The number of hydrogen-bond acceptors (Lipinski definition) is 3. The second kappa shape index (κ2) is 3.76. The molecule has 0 bridgehead atoms. The largest absolute Gasteiger partial charge is 0.453 e. The molecule has 0 aromatic heterocycles. The first-order valence-corrected chi connectivity index (χ1v) is 4.27. The molecular weight excluding hydrogens is 156 g/mol. The Hall–Kier alpha value is -0.770. The summed E-state index contributed by atoms with van der Waals surface area (Å²) in [7, 11) is 1.38. The number of carbonyl (C=O) groups excluding carboxylic acids is 1. The molecule has 0 aromatic carbocycles. The topological polar surface area (TPSA) is 55.6 Å². The van der Waals surface area contributed by atoms with Gasteiger partial charge in [0.25, 0.3) is 0 Å². The Balaban J connectivity index is 2.57. The molecule has 2 unspecified atom stereocenters. The van der Waals surface area contributed by atoms with Crippen molar-refractivity contribution in [2.75, 3.05) is 13.7 Å². The second-order valence-corrected chi connectivity index (χ2v) is 3.27. The Morgan fingerprint density at radius 1 is 1.67 bits per heavy atom. The predicted molar refractivity (Wildman–Crippen MR) is 45.5 cm³/mol. The summed E-state index contributed by atoms with van der Waals surface area (Å²) >= 11 is 0. The molecule has 1 aliphatic rings. The maximum absolute atomic E-state index is 11.1. The number of likely N-dealkylation sites (tertiary alicyclic amines) is 1. The van der Waals surface area contributed by atoms with Crippen molar-refractivity contribution in [3.63, 3.8) is 0 Å². The summed E-state index contributed by atoms with van der Waals surface area (Å²) in [5.41, 5.74) is 5.82. The average Bonchev–Trinajstić information content (AvgIpc) is 2.08. The highest BCUT2D eigenvalue weighted by molar-refractivity contribution is 5.67. The van der Waals surface area contributed by atoms with E-state index in [1.54, 1.807) is 4.90 Å². The number of amides is 1. The minimum absolute atomic E-state index is 0.175. The van der Waals surface area contributed by atoms with Crippen molar-refractivity contribution in [1.82, 2.24) is 4.90 Å². The number of nitrogens with two attached hydrogens (primary N) is 1. The fourth-order valence-corrected chi connectivity index (χ4v) is 1.54. The van der Waals surface area contributed by atoms with Crippen molar-refractivity contribution in [1.29, 1.82) is 0 Å². The lowest BCUT2D eigenvalue weighted by Gasteiger charge is -2.36. The summed E-state index contributed by atoms with van der Waals surface area (Å²) in [5.74, 6) is 0.373. The second-order valence-electron chi connectivity index (χ2n) is 3.27. The van der Waals surface area contributed by atoms with Crippen molar-refractivity contribution in [2.45, 2.75) is 25.9 Å². The summed E-state index contributed by atoms with van der Waals surface area (Å²) in [6, 6.07) is 0. The van der Waals surface area contributed by atoms with E-state index < -0.39 is 0 Å². The van der Waals surface area contributed by atoms with Crippen LogP contribution in [0.4, 0.5) is 4.79 Å². The van der Waals surface area contributed by atoms with Gasteiger partial charge in [0.1, 0.15) is 0 Å². The molecule has 1 aliphatic heterocycles. The number of nitrogens with zero attached hydrogens (tertiary/aromatic N) is 1. The fraction of sp³-hybridized carbons (Fsp3) is 0.875. The van der Waals surface area contributed by atoms with Crippen LogP contribution in [-0.4, -0.2) is 30.8 Å². The maximum atomic E-state index is 11.1. The Morgan fingerprint density at radius 2 is 2.33 bits per heavy atom. The fourth-order valence-electron chi connectivity index (χ4n) is 1.54. The van der Waals surface area contributed by atoms with Gasteiger partial charge in [-0.05, 0) is 18.8 Å². The van der Waals surface area contributed by atoms with E-state index in [4.69, 9.17) is 5.73 Å². The van der Waals surface area contributed by atoms with Gasteiger partial charge in [0.15, 0.2) is 0 Å². The average molecular weight is 172 g/mol. The molecule has 0 spiro atoms. The molecule has 1 heterocycles. The minimum Gasteiger partial charge on any atom is -0.453 e. The molecule has 0 radical (unpaired) electrons. The molecule has 70 valence electrons. The lowest BCUT2D eigenvalue weighted by Crippen LogP contribution is -2.52. The monoisotopic (exact) mass is 172 g/mol. The zero-order chi connectivity index (χ0) is 9.14. The number of hydrogen-bond donors (Lipinski definition) is 1. The molecule has 1 rings (SSSR count). The van der Waals surface area contributed by atoms with Crippen LogP contribution in [0.2, 0.25) is 0 Å². The molecule has 0 aliphatic carbocycles. The van der Waals surface area contributed by atoms with Gasteiger partial charge in [-0.2, -0.15) is 0 Å². The maximum Gasteiger partial charge on any atom is 0.410 e.